The van der Waals surface area contributed by atoms with Gasteiger partial charge in [-0.05, 0) is 37.6 Å². The van der Waals surface area contributed by atoms with E-state index in [1.165, 1.54) is 0 Å². The quantitative estimate of drug-likeness (QED) is 0.562. The highest BCUT2D eigenvalue weighted by atomic mass is 32.1. The molecule has 0 spiro atoms. The number of aryl methyl sites for hydroxylation is 1. The van der Waals surface area contributed by atoms with E-state index in [4.69, 9.17) is 9.47 Å². The molecule has 1 aromatic heterocycles. The number of ether oxygens (including phenoxy) is 2. The van der Waals surface area contributed by atoms with Gasteiger partial charge >= 0.3 is 0 Å². The van der Waals surface area contributed by atoms with E-state index in [0.717, 1.165) is 17.1 Å². The van der Waals surface area contributed by atoms with E-state index in [-0.39, 0.29) is 11.8 Å². The summed E-state index contributed by atoms with van der Waals surface area (Å²) < 4.78 is 10.7. The summed E-state index contributed by atoms with van der Waals surface area (Å²) in [5.74, 6) is 0.730. The second-order valence-corrected chi connectivity index (χ2v) is 8.50. The number of hydrogen-bond acceptors (Lipinski definition) is 7. The van der Waals surface area contributed by atoms with Crippen LogP contribution in [0.4, 0.5) is 0 Å². The maximum Gasteiger partial charge on any atom is 0.253 e. The Morgan fingerprint density at radius 1 is 1.16 bits per heavy atom. The van der Waals surface area contributed by atoms with Gasteiger partial charge in [0.1, 0.15) is 12.4 Å². The lowest BCUT2D eigenvalue weighted by Crippen LogP contribution is -2.51. The zero-order valence-corrected chi connectivity index (χ0v) is 19.0. The summed E-state index contributed by atoms with van der Waals surface area (Å²) in [6.07, 6.45) is 0.804. The first-order chi connectivity index (χ1) is 15.0. The van der Waals surface area contributed by atoms with Gasteiger partial charge in [-0.1, -0.05) is 0 Å². The number of thiazole rings is 1. The van der Waals surface area contributed by atoms with E-state index in [9.17, 15) is 9.59 Å². The van der Waals surface area contributed by atoms with E-state index in [1.807, 2.05) is 29.3 Å². The fraction of sp³-hybridized carbons (Fsp3) is 0.500. The highest BCUT2D eigenvalue weighted by Crippen LogP contribution is 2.17. The Balaban J connectivity index is 1.40. The summed E-state index contributed by atoms with van der Waals surface area (Å²) in [7, 11) is 1.65. The van der Waals surface area contributed by atoms with E-state index < -0.39 is 0 Å². The number of nitrogens with one attached hydrogen (secondary N) is 1. The first kappa shape index (κ1) is 23.2. The van der Waals surface area contributed by atoms with Gasteiger partial charge < -0.3 is 19.7 Å². The predicted octanol–water partition coefficient (Wildman–Crippen LogP) is 1.94. The summed E-state index contributed by atoms with van der Waals surface area (Å²) in [6.45, 7) is 6.59. The molecule has 0 aliphatic carbocycles. The molecule has 1 aliphatic heterocycles. The second-order valence-electron chi connectivity index (χ2n) is 7.44. The molecule has 1 aromatic carbocycles. The molecule has 2 amide bonds. The van der Waals surface area contributed by atoms with Crippen molar-refractivity contribution in [2.75, 3.05) is 53.0 Å². The largest absolute Gasteiger partial charge is 0.487 e. The maximum atomic E-state index is 12.8. The SMILES string of the molecule is COCCCNC(=O)CN1CCN(C(=O)c2ccc(OCc3csc(C)n3)cc2)CC1. The third kappa shape index (κ3) is 7.30. The van der Waals surface area contributed by atoms with Crippen molar-refractivity contribution in [2.45, 2.75) is 20.0 Å². The van der Waals surface area contributed by atoms with Crippen molar-refractivity contribution in [3.63, 3.8) is 0 Å². The van der Waals surface area contributed by atoms with Gasteiger partial charge in [0.25, 0.3) is 5.91 Å². The molecule has 2 heterocycles. The van der Waals surface area contributed by atoms with Crippen LogP contribution in [0.3, 0.4) is 0 Å². The summed E-state index contributed by atoms with van der Waals surface area (Å²) in [5.41, 5.74) is 1.55. The van der Waals surface area contributed by atoms with Gasteiger partial charge in [0, 0.05) is 57.4 Å². The van der Waals surface area contributed by atoms with Crippen molar-refractivity contribution in [3.8, 4) is 5.75 Å². The number of aromatic nitrogens is 1. The molecule has 0 radical (unpaired) electrons. The number of hydrogen-bond donors (Lipinski definition) is 1. The Morgan fingerprint density at radius 3 is 2.55 bits per heavy atom. The van der Waals surface area contributed by atoms with Crippen molar-refractivity contribution in [3.05, 3.63) is 45.9 Å². The summed E-state index contributed by atoms with van der Waals surface area (Å²) >= 11 is 1.60. The normalized spacial score (nSPS) is 14.5. The van der Waals surface area contributed by atoms with Gasteiger partial charge in [-0.15, -0.1) is 11.3 Å². The first-order valence-corrected chi connectivity index (χ1v) is 11.3. The number of amides is 2. The molecule has 0 saturated carbocycles. The topological polar surface area (TPSA) is 84.0 Å². The molecule has 0 unspecified atom stereocenters. The van der Waals surface area contributed by atoms with E-state index >= 15 is 0 Å². The summed E-state index contributed by atoms with van der Waals surface area (Å²) in [5, 5.41) is 5.90. The lowest BCUT2D eigenvalue weighted by molar-refractivity contribution is -0.122. The Hall–Kier alpha value is -2.49. The van der Waals surface area contributed by atoms with Crippen molar-refractivity contribution >= 4 is 23.2 Å². The van der Waals surface area contributed by atoms with Crippen LogP contribution in [0.2, 0.25) is 0 Å². The maximum absolute atomic E-state index is 12.8. The predicted molar refractivity (Wildman–Crippen MR) is 119 cm³/mol. The summed E-state index contributed by atoms with van der Waals surface area (Å²) in [4.78, 5) is 33.1. The zero-order chi connectivity index (χ0) is 22.1. The molecule has 1 aliphatic rings. The van der Waals surface area contributed by atoms with Gasteiger partial charge in [0.2, 0.25) is 5.91 Å². The summed E-state index contributed by atoms with van der Waals surface area (Å²) in [6, 6.07) is 7.22. The second kappa shape index (κ2) is 11.8. The molecule has 31 heavy (non-hydrogen) atoms. The van der Waals surface area contributed by atoms with Crippen LogP contribution in [0, 0.1) is 6.92 Å². The van der Waals surface area contributed by atoms with Crippen LogP contribution in [-0.2, 0) is 16.1 Å². The van der Waals surface area contributed by atoms with Crippen LogP contribution in [-0.4, -0.2) is 79.6 Å². The van der Waals surface area contributed by atoms with Crippen molar-refractivity contribution in [1.29, 1.82) is 0 Å². The molecule has 8 nitrogen and oxygen atoms in total. The van der Waals surface area contributed by atoms with Crippen LogP contribution >= 0.6 is 11.3 Å². The lowest BCUT2D eigenvalue weighted by Gasteiger charge is -2.34. The standard InChI is InChI=1S/C22H30N4O4S/c1-17-24-19(16-31-17)15-30-20-6-4-18(5-7-20)22(28)26-11-9-25(10-12-26)14-21(27)23-8-3-13-29-2/h4-7,16H,3,8-15H2,1-2H3,(H,23,27). The minimum absolute atomic E-state index is 0.00495. The Kier molecular flexibility index (Phi) is 8.81. The molecular weight excluding hydrogens is 416 g/mol. The molecule has 1 N–H and O–H groups in total. The van der Waals surface area contributed by atoms with Crippen LogP contribution in [0.15, 0.2) is 29.6 Å². The van der Waals surface area contributed by atoms with Gasteiger partial charge in [-0.2, -0.15) is 0 Å². The van der Waals surface area contributed by atoms with Crippen molar-refractivity contribution in [2.24, 2.45) is 0 Å². The molecule has 0 bridgehead atoms. The van der Waals surface area contributed by atoms with Gasteiger partial charge in [-0.3, -0.25) is 14.5 Å². The van der Waals surface area contributed by atoms with Crippen LogP contribution in [0.1, 0.15) is 27.5 Å². The average Bonchev–Trinajstić information content (AvgIpc) is 3.21. The molecule has 1 fully saturated rings. The number of rotatable bonds is 10. The minimum atomic E-state index is 0.00495. The van der Waals surface area contributed by atoms with E-state index in [1.54, 1.807) is 30.6 Å². The Bertz CT molecular complexity index is 847. The van der Waals surface area contributed by atoms with Gasteiger partial charge in [0.05, 0.1) is 17.2 Å². The van der Waals surface area contributed by atoms with Crippen LogP contribution in [0.25, 0.3) is 0 Å². The molecule has 3 rings (SSSR count). The number of piperazine rings is 1. The number of carbonyl (C=O) groups excluding carboxylic acids is 2. The fourth-order valence-corrected chi connectivity index (χ4v) is 3.92. The van der Waals surface area contributed by atoms with E-state index in [2.05, 4.69) is 15.2 Å². The highest BCUT2D eigenvalue weighted by molar-refractivity contribution is 7.09. The van der Waals surface area contributed by atoms with Crippen molar-refractivity contribution < 1.29 is 19.1 Å². The third-order valence-corrected chi connectivity index (χ3v) is 5.85. The smallest absolute Gasteiger partial charge is 0.253 e. The average molecular weight is 447 g/mol. The minimum Gasteiger partial charge on any atom is -0.487 e. The number of benzene rings is 1. The molecule has 0 atom stereocenters. The first-order valence-electron chi connectivity index (χ1n) is 10.5. The van der Waals surface area contributed by atoms with Crippen LogP contribution < -0.4 is 10.1 Å². The lowest BCUT2D eigenvalue weighted by atomic mass is 10.1. The highest BCUT2D eigenvalue weighted by Gasteiger charge is 2.23. The molecule has 168 valence electrons. The van der Waals surface area contributed by atoms with Crippen LogP contribution in [0.5, 0.6) is 5.75 Å². The Morgan fingerprint density at radius 2 is 1.90 bits per heavy atom. The molecule has 2 aromatic rings. The monoisotopic (exact) mass is 446 g/mol. The number of methoxy groups -OCH3 is 1. The Labute approximate surface area is 187 Å². The fourth-order valence-electron chi connectivity index (χ4n) is 3.32. The molecular formula is C22H30N4O4S. The molecule has 1 saturated heterocycles. The third-order valence-electron chi connectivity index (χ3n) is 5.03. The zero-order valence-electron chi connectivity index (χ0n) is 18.1. The van der Waals surface area contributed by atoms with Crippen molar-refractivity contribution in [1.82, 2.24) is 20.1 Å². The van der Waals surface area contributed by atoms with Gasteiger partial charge in [-0.25, -0.2) is 4.98 Å². The number of carbonyl (C=O) groups is 2. The molecule has 9 heteroatoms. The van der Waals surface area contributed by atoms with Gasteiger partial charge in [0.15, 0.2) is 0 Å². The van der Waals surface area contributed by atoms with E-state index in [0.29, 0.717) is 63.8 Å². The number of nitrogens with zero attached hydrogens (tertiary/aromatic N) is 3.